The molecule has 0 bridgehead atoms. The Morgan fingerprint density at radius 3 is 1.29 bits per heavy atom. The van der Waals surface area contributed by atoms with Crippen LogP contribution in [0.4, 0.5) is 0 Å². The standard InChI is InChI=1S/CH4.AsH3O3.Fe.H3N/c;2-1(3)4;;/h1H4;1H,(H2,2,3,4);;1H3/q;;+1;/p-1. The van der Waals surface area contributed by atoms with Crippen molar-refractivity contribution >= 4 is 15.3 Å². The summed E-state index contributed by atoms with van der Waals surface area (Å²) in [6, 6.07) is 0. The summed E-state index contributed by atoms with van der Waals surface area (Å²) in [4.78, 5) is 0. The first-order valence-corrected chi connectivity index (χ1v) is 3.18. The molecule has 0 aliphatic carbocycles. The second-order valence-corrected chi connectivity index (χ2v) is 1.30. The molecule has 0 heterocycles. The van der Waals surface area contributed by atoms with E-state index in [1.54, 1.807) is 0 Å². The maximum atomic E-state index is 8.58. The van der Waals surface area contributed by atoms with Crippen LogP contribution >= 0.6 is 0 Å². The first-order valence-electron chi connectivity index (χ1n) is 0.612. The predicted octanol–water partition coefficient (Wildman–Crippen LogP) is -2.14. The summed E-state index contributed by atoms with van der Waals surface area (Å²) in [5.41, 5.74) is 0. The summed E-state index contributed by atoms with van der Waals surface area (Å²) in [7, 11) is 0. The monoisotopic (exact) mass is 214 g/mol. The van der Waals surface area contributed by atoms with Crippen LogP contribution < -0.4 is 14.3 Å². The second kappa shape index (κ2) is 15.9. The normalized spacial score (nSPS) is 5.00. The molecule has 0 aliphatic rings. The van der Waals surface area contributed by atoms with Crippen LogP contribution in [0.15, 0.2) is 0 Å². The fourth-order valence-corrected chi connectivity index (χ4v) is 0. The van der Waals surface area contributed by atoms with E-state index < -0.39 is 15.3 Å². The molecule has 0 aromatic carbocycles. The first kappa shape index (κ1) is 25.1. The maximum absolute atomic E-state index is 8.58. The molecule has 0 fully saturated rings. The Balaban J connectivity index is -0.0000000150. The second-order valence-electron chi connectivity index (χ2n) is 0.250. The number of hydrogen-bond donors (Lipinski definition) is 1. The van der Waals surface area contributed by atoms with Gasteiger partial charge >= 0.3 is 44.3 Å². The fourth-order valence-electron chi connectivity index (χ4n) is 0. The topological polar surface area (TPSA) is 99.7 Å². The molecule has 7 heavy (non-hydrogen) atoms. The Kier molecular flexibility index (Phi) is 56.9. The van der Waals surface area contributed by atoms with Gasteiger partial charge in [0.15, 0.2) is 0 Å². The Hall–Kier alpha value is 0.758. The van der Waals surface area contributed by atoms with Crippen LogP contribution in [-0.2, 0) is 20.8 Å². The summed E-state index contributed by atoms with van der Waals surface area (Å²) in [5, 5.41) is 0. The molecule has 4 N–H and O–H groups in total. The largest absolute Gasteiger partial charge is 1.00 e. The van der Waals surface area contributed by atoms with E-state index in [9.17, 15) is 0 Å². The van der Waals surface area contributed by atoms with E-state index in [1.807, 2.05) is 0 Å². The molecule has 0 saturated carbocycles. The van der Waals surface area contributed by atoms with Gasteiger partial charge < -0.3 is 6.15 Å². The van der Waals surface area contributed by atoms with Gasteiger partial charge in [0, 0.05) is 0 Å². The Bertz CT molecular complexity index is 37.9. The van der Waals surface area contributed by atoms with Gasteiger partial charge in [-0.3, -0.25) is 0 Å². The summed E-state index contributed by atoms with van der Waals surface area (Å²) in [5.74, 6) is 0. The van der Waals surface area contributed by atoms with Crippen LogP contribution in [0.3, 0.4) is 0 Å². The van der Waals surface area contributed by atoms with Crippen LogP contribution in [0.1, 0.15) is 7.43 Å². The van der Waals surface area contributed by atoms with Gasteiger partial charge in [0.1, 0.15) is 0 Å². The van der Waals surface area contributed by atoms with Crippen LogP contribution in [0.25, 0.3) is 0 Å². The zero-order valence-corrected chi connectivity index (χ0v) is 6.28. The van der Waals surface area contributed by atoms with E-state index >= 15 is 0 Å². The van der Waals surface area contributed by atoms with Gasteiger partial charge in [-0.1, -0.05) is 7.43 Å². The molecule has 6 heteroatoms. The summed E-state index contributed by atoms with van der Waals surface area (Å²) in [6.07, 6.45) is 0. The van der Waals surface area contributed by atoms with Crippen LogP contribution in [0, 0.1) is 0 Å². The molecule has 0 rings (SSSR count). The van der Waals surface area contributed by atoms with Crippen LogP contribution in [-0.4, -0.2) is 15.3 Å². The van der Waals surface area contributed by atoms with Crippen molar-refractivity contribution in [3.63, 3.8) is 0 Å². The van der Waals surface area contributed by atoms with E-state index in [-0.39, 0.29) is 30.6 Å². The summed E-state index contributed by atoms with van der Waals surface area (Å²) < 4.78 is 25.8. The first-order chi connectivity index (χ1) is 1.73. The molecule has 0 amide bonds. The zero-order valence-electron chi connectivity index (χ0n) is 3.08. The average Bonchev–Trinajstić information content (AvgIpc) is 0.811. The quantitative estimate of drug-likeness (QED) is 0.465. The Morgan fingerprint density at radius 2 is 1.29 bits per heavy atom. The van der Waals surface area contributed by atoms with Gasteiger partial charge in [0.2, 0.25) is 0 Å². The molecule has 0 atom stereocenters. The van der Waals surface area contributed by atoms with Gasteiger partial charge in [-0.2, -0.15) is 0 Å². The molecule has 0 aliphatic heterocycles. The van der Waals surface area contributed by atoms with Crippen molar-refractivity contribution < 1.29 is 29.0 Å². The predicted molar refractivity (Wildman–Crippen MR) is 20.6 cm³/mol. The zero-order chi connectivity index (χ0) is 3.58. The van der Waals surface area contributed by atoms with Gasteiger partial charge in [0.25, 0.3) is 0 Å². The Morgan fingerprint density at radius 1 is 1.29 bits per heavy atom. The van der Waals surface area contributed by atoms with Crippen molar-refractivity contribution in [3.8, 4) is 0 Å². The molecule has 1 radical (unpaired) electrons. The van der Waals surface area contributed by atoms with Crippen molar-refractivity contribution in [3.05, 3.63) is 0 Å². The molecule has 0 unspecified atom stereocenters. The number of rotatable bonds is 0. The maximum Gasteiger partial charge on any atom is 1.00 e. The molecular weight excluding hydrogens is 205 g/mol. The van der Waals surface area contributed by atoms with E-state index in [4.69, 9.17) is 11.9 Å². The van der Waals surface area contributed by atoms with Crippen LogP contribution in [0.2, 0.25) is 0 Å². The van der Waals surface area contributed by atoms with E-state index in [2.05, 4.69) is 0 Å². The minimum Gasteiger partial charge on any atom is -0.369 e. The van der Waals surface area contributed by atoms with E-state index in [0.29, 0.717) is 0 Å². The molecule has 0 aromatic heterocycles. The minimum atomic E-state index is -4.08. The number of hydrogen-bond acceptors (Lipinski definition) is 3. The van der Waals surface area contributed by atoms with Crippen molar-refractivity contribution in [2.75, 3.05) is 0 Å². The van der Waals surface area contributed by atoms with Crippen LogP contribution in [0.5, 0.6) is 0 Å². The molecule has 0 saturated heterocycles. The fraction of sp³-hybridized carbons (Fsp3) is 1.00. The van der Waals surface area contributed by atoms with Crippen molar-refractivity contribution in [2.45, 2.75) is 7.43 Å². The van der Waals surface area contributed by atoms with E-state index in [1.165, 1.54) is 0 Å². The smallest absolute Gasteiger partial charge is 0.369 e. The van der Waals surface area contributed by atoms with Gasteiger partial charge in [-0.25, -0.2) is 0 Å². The summed E-state index contributed by atoms with van der Waals surface area (Å²) >= 11 is -4.08. The number of quaternary nitrogens is 1. The van der Waals surface area contributed by atoms with Crippen molar-refractivity contribution in [1.29, 1.82) is 0 Å². The molecular formula is CH9AsFeNO3. The SMILES string of the molecule is C.O=[AsH]([O-])[O-].[Fe+].[NH4+]. The molecule has 4 nitrogen and oxygen atoms in total. The third kappa shape index (κ3) is 266. The van der Waals surface area contributed by atoms with Gasteiger partial charge in [0.05, 0.1) is 0 Å². The summed E-state index contributed by atoms with van der Waals surface area (Å²) in [6.45, 7) is 0. The molecule has 0 spiro atoms. The molecule has 49 valence electrons. The van der Waals surface area contributed by atoms with E-state index in [0.717, 1.165) is 0 Å². The minimum absolute atomic E-state index is 0. The Labute approximate surface area is 58.2 Å². The van der Waals surface area contributed by atoms with Crippen molar-refractivity contribution in [1.82, 2.24) is 6.15 Å². The third-order valence-electron chi connectivity index (χ3n) is 0. The van der Waals surface area contributed by atoms with Gasteiger partial charge in [-0.15, -0.1) is 0 Å². The van der Waals surface area contributed by atoms with Gasteiger partial charge in [-0.05, 0) is 0 Å². The average molecular weight is 214 g/mol. The van der Waals surface area contributed by atoms with Crippen molar-refractivity contribution in [2.24, 2.45) is 0 Å². The molecule has 0 aromatic rings. The third-order valence-corrected chi connectivity index (χ3v) is 0.